The zero-order chi connectivity index (χ0) is 47.9. The molecular weight excluding hydrogens is 817 g/mol. The second-order valence-electron chi connectivity index (χ2n) is 20.3. The Labute approximate surface area is 411 Å². The number of esters is 3. The van der Waals surface area contributed by atoms with E-state index < -0.39 is 6.10 Å². The van der Waals surface area contributed by atoms with Crippen molar-refractivity contribution >= 4 is 17.9 Å². The number of carbonyl (C=O) groups excluding carboxylic acids is 3. The first-order valence-corrected chi connectivity index (χ1v) is 29.7. The summed E-state index contributed by atoms with van der Waals surface area (Å²) in [5.41, 5.74) is 0. The zero-order valence-corrected chi connectivity index (χ0v) is 44.7. The van der Waals surface area contributed by atoms with Gasteiger partial charge >= 0.3 is 17.9 Å². The minimum absolute atomic E-state index is 0.0658. The topological polar surface area (TPSA) is 78.9 Å². The van der Waals surface area contributed by atoms with Crippen LogP contribution in [0.25, 0.3) is 0 Å². The Hall–Kier alpha value is -1.85. The highest BCUT2D eigenvalue weighted by molar-refractivity contribution is 5.71. The van der Waals surface area contributed by atoms with Gasteiger partial charge in [0.25, 0.3) is 0 Å². The van der Waals surface area contributed by atoms with Crippen molar-refractivity contribution in [2.24, 2.45) is 0 Å². The molecule has 0 rings (SSSR count). The molecule has 1 unspecified atom stereocenters. The van der Waals surface area contributed by atoms with Crippen molar-refractivity contribution in [2.45, 2.75) is 341 Å². The average Bonchev–Trinajstić information content (AvgIpc) is 3.31. The van der Waals surface area contributed by atoms with Crippen molar-refractivity contribution in [3.63, 3.8) is 0 Å². The third kappa shape index (κ3) is 53.1. The van der Waals surface area contributed by atoms with Crippen LogP contribution in [0, 0.1) is 0 Å². The first-order chi connectivity index (χ1) is 32.5. The summed E-state index contributed by atoms with van der Waals surface area (Å²) in [5, 5.41) is 0. The van der Waals surface area contributed by atoms with Gasteiger partial charge in [0.1, 0.15) is 13.2 Å². The van der Waals surface area contributed by atoms with Crippen molar-refractivity contribution < 1.29 is 28.6 Å². The normalized spacial score (nSPS) is 12.0. The van der Waals surface area contributed by atoms with E-state index in [1.807, 2.05) is 0 Å². The van der Waals surface area contributed by atoms with Crippen molar-refractivity contribution in [1.29, 1.82) is 0 Å². The maximum Gasteiger partial charge on any atom is 0.306 e. The molecule has 0 saturated carbocycles. The van der Waals surface area contributed by atoms with Crippen LogP contribution >= 0.6 is 0 Å². The van der Waals surface area contributed by atoms with Crippen LogP contribution in [0.5, 0.6) is 0 Å². The molecule has 0 fully saturated rings. The van der Waals surface area contributed by atoms with Crippen LogP contribution < -0.4 is 0 Å². The molecule has 1 atom stereocenters. The molecule has 0 radical (unpaired) electrons. The largest absolute Gasteiger partial charge is 0.462 e. The Balaban J connectivity index is 4.06. The third-order valence-corrected chi connectivity index (χ3v) is 13.5. The van der Waals surface area contributed by atoms with E-state index in [4.69, 9.17) is 14.2 Å². The van der Waals surface area contributed by atoms with Crippen molar-refractivity contribution in [2.75, 3.05) is 13.2 Å². The zero-order valence-electron chi connectivity index (χ0n) is 44.7. The number of rotatable bonds is 55. The number of carbonyl (C=O) groups is 3. The fourth-order valence-electron chi connectivity index (χ4n) is 9.03. The Bertz CT molecular complexity index is 1020. The maximum absolute atomic E-state index is 12.8. The summed E-state index contributed by atoms with van der Waals surface area (Å²) in [6.07, 6.45) is 63.9. The summed E-state index contributed by atoms with van der Waals surface area (Å²) >= 11 is 0. The molecule has 0 aliphatic rings. The molecular formula is C60H114O6. The molecule has 390 valence electrons. The molecule has 0 spiro atoms. The van der Waals surface area contributed by atoms with Gasteiger partial charge in [-0.3, -0.25) is 14.4 Å². The van der Waals surface area contributed by atoms with E-state index in [2.05, 4.69) is 32.9 Å². The standard InChI is InChI=1S/C60H114O6/c1-4-7-10-13-16-18-20-22-24-26-28-29-30-31-33-34-36-38-40-42-44-47-50-53-59(62)65-56-57(55-64-58(61)52-49-46-15-12-9-6-3)66-60(63)54-51-48-45-43-41-39-37-35-32-27-25-23-21-19-17-14-11-8-5-2/h23,25,57H,4-22,24,26-56H2,1-3H3/b25-23-. The Morgan fingerprint density at radius 2 is 0.500 bits per heavy atom. The van der Waals surface area contributed by atoms with E-state index in [0.717, 1.165) is 57.8 Å². The molecule has 66 heavy (non-hydrogen) atoms. The molecule has 0 aromatic carbocycles. The monoisotopic (exact) mass is 931 g/mol. The van der Waals surface area contributed by atoms with E-state index in [1.54, 1.807) is 0 Å². The number of allylic oxidation sites excluding steroid dienone is 2. The predicted octanol–water partition coefficient (Wildman–Crippen LogP) is 19.7. The highest BCUT2D eigenvalue weighted by Crippen LogP contribution is 2.17. The molecule has 0 N–H and O–H groups in total. The van der Waals surface area contributed by atoms with Gasteiger partial charge in [0, 0.05) is 19.3 Å². The summed E-state index contributed by atoms with van der Waals surface area (Å²) in [5.74, 6) is -0.856. The Morgan fingerprint density at radius 3 is 0.758 bits per heavy atom. The third-order valence-electron chi connectivity index (χ3n) is 13.5. The summed E-state index contributed by atoms with van der Waals surface area (Å²) in [6, 6.07) is 0. The molecule has 0 heterocycles. The Morgan fingerprint density at radius 1 is 0.288 bits per heavy atom. The van der Waals surface area contributed by atoms with Crippen LogP contribution in [-0.2, 0) is 28.6 Å². The van der Waals surface area contributed by atoms with Gasteiger partial charge in [-0.1, -0.05) is 283 Å². The number of hydrogen-bond acceptors (Lipinski definition) is 6. The van der Waals surface area contributed by atoms with E-state index in [1.165, 1.54) is 238 Å². The van der Waals surface area contributed by atoms with E-state index in [0.29, 0.717) is 19.3 Å². The molecule has 0 bridgehead atoms. The van der Waals surface area contributed by atoms with Gasteiger partial charge in [-0.05, 0) is 44.9 Å². The highest BCUT2D eigenvalue weighted by Gasteiger charge is 2.19. The van der Waals surface area contributed by atoms with Gasteiger partial charge in [0.15, 0.2) is 6.10 Å². The Kier molecular flexibility index (Phi) is 54.2. The van der Waals surface area contributed by atoms with E-state index in [-0.39, 0.29) is 31.1 Å². The fraction of sp³-hybridized carbons (Fsp3) is 0.917. The van der Waals surface area contributed by atoms with Crippen molar-refractivity contribution in [1.82, 2.24) is 0 Å². The van der Waals surface area contributed by atoms with Gasteiger partial charge in [0.05, 0.1) is 0 Å². The first kappa shape index (κ1) is 64.2. The smallest absolute Gasteiger partial charge is 0.306 e. The lowest BCUT2D eigenvalue weighted by atomic mass is 10.0. The van der Waals surface area contributed by atoms with Gasteiger partial charge in [0.2, 0.25) is 0 Å². The molecule has 0 aromatic heterocycles. The maximum atomic E-state index is 12.8. The molecule has 0 aliphatic carbocycles. The van der Waals surface area contributed by atoms with Crippen molar-refractivity contribution in [3.8, 4) is 0 Å². The average molecular weight is 932 g/mol. The number of hydrogen-bond donors (Lipinski definition) is 0. The lowest BCUT2D eigenvalue weighted by molar-refractivity contribution is -0.167. The van der Waals surface area contributed by atoms with Gasteiger partial charge in [-0.15, -0.1) is 0 Å². The minimum Gasteiger partial charge on any atom is -0.462 e. The molecule has 0 aliphatic heterocycles. The summed E-state index contributed by atoms with van der Waals surface area (Å²) in [7, 11) is 0. The lowest BCUT2D eigenvalue weighted by Crippen LogP contribution is -2.30. The van der Waals surface area contributed by atoms with Crippen molar-refractivity contribution in [3.05, 3.63) is 12.2 Å². The molecule has 6 heteroatoms. The lowest BCUT2D eigenvalue weighted by Gasteiger charge is -2.18. The summed E-state index contributed by atoms with van der Waals surface area (Å²) < 4.78 is 16.8. The van der Waals surface area contributed by atoms with Gasteiger partial charge < -0.3 is 14.2 Å². The van der Waals surface area contributed by atoms with Crippen LogP contribution in [0.3, 0.4) is 0 Å². The number of unbranched alkanes of at least 4 members (excludes halogenated alkanes) is 42. The van der Waals surface area contributed by atoms with Gasteiger partial charge in [-0.25, -0.2) is 0 Å². The van der Waals surface area contributed by atoms with Crippen LogP contribution in [0.2, 0.25) is 0 Å². The molecule has 6 nitrogen and oxygen atoms in total. The fourth-order valence-corrected chi connectivity index (χ4v) is 9.03. The van der Waals surface area contributed by atoms with Gasteiger partial charge in [-0.2, -0.15) is 0 Å². The molecule has 0 amide bonds. The minimum atomic E-state index is -0.764. The first-order valence-electron chi connectivity index (χ1n) is 29.7. The van der Waals surface area contributed by atoms with Crippen LogP contribution in [-0.4, -0.2) is 37.2 Å². The second-order valence-corrected chi connectivity index (χ2v) is 20.3. The number of ether oxygens (including phenoxy) is 3. The highest BCUT2D eigenvalue weighted by atomic mass is 16.6. The van der Waals surface area contributed by atoms with E-state index in [9.17, 15) is 14.4 Å². The van der Waals surface area contributed by atoms with E-state index >= 15 is 0 Å². The second kappa shape index (κ2) is 55.7. The molecule has 0 saturated heterocycles. The molecule has 0 aromatic rings. The van der Waals surface area contributed by atoms with Crippen LogP contribution in [0.15, 0.2) is 12.2 Å². The quantitative estimate of drug-likeness (QED) is 0.0262. The SMILES string of the molecule is CCCCCCCC/C=C\CCCCCCCCCCCC(=O)OC(COC(=O)CCCCCCCC)COC(=O)CCCCCCCCCCCCCCCCCCCCCCCCC. The summed E-state index contributed by atoms with van der Waals surface area (Å²) in [6.45, 7) is 6.63. The predicted molar refractivity (Wildman–Crippen MR) is 284 cm³/mol. The summed E-state index contributed by atoms with van der Waals surface area (Å²) in [4.78, 5) is 37.9. The van der Waals surface area contributed by atoms with Crippen LogP contribution in [0.1, 0.15) is 335 Å². The van der Waals surface area contributed by atoms with Crippen LogP contribution in [0.4, 0.5) is 0 Å².